The van der Waals surface area contributed by atoms with Crippen molar-refractivity contribution < 1.29 is 27.5 Å². The summed E-state index contributed by atoms with van der Waals surface area (Å²) in [7, 11) is 0. The molecule has 0 spiro atoms. The number of halogens is 4. The largest absolute Gasteiger partial charge is 0.406 e. The van der Waals surface area contributed by atoms with Crippen LogP contribution in [-0.4, -0.2) is 41.8 Å². The Kier molecular flexibility index (Phi) is 4.66. The van der Waals surface area contributed by atoms with E-state index in [1.165, 1.54) is 0 Å². The van der Waals surface area contributed by atoms with Crippen LogP contribution in [-0.2, 0) is 0 Å². The van der Waals surface area contributed by atoms with Gasteiger partial charge in [-0.3, -0.25) is 4.79 Å². The highest BCUT2D eigenvalue weighted by atomic mass is 19.4. The fraction of sp³-hybridized carbons (Fsp3) is 0.364. The second-order valence-electron chi connectivity index (χ2n) is 3.57. The minimum atomic E-state index is -4.55. The summed E-state index contributed by atoms with van der Waals surface area (Å²) in [6.45, 7) is -2.47. The highest BCUT2D eigenvalue weighted by Crippen LogP contribution is 2.18. The van der Waals surface area contributed by atoms with E-state index in [0.717, 1.165) is 24.3 Å². The van der Waals surface area contributed by atoms with Crippen molar-refractivity contribution in [3.05, 3.63) is 35.6 Å². The van der Waals surface area contributed by atoms with Gasteiger partial charge < -0.3 is 10.0 Å². The second kappa shape index (κ2) is 5.81. The third kappa shape index (κ3) is 4.33. The molecule has 0 aliphatic heterocycles. The molecule has 0 saturated carbocycles. The van der Waals surface area contributed by atoms with Crippen molar-refractivity contribution in [1.29, 1.82) is 0 Å². The van der Waals surface area contributed by atoms with Gasteiger partial charge in [0.1, 0.15) is 12.4 Å². The maximum absolute atomic E-state index is 12.6. The highest BCUT2D eigenvalue weighted by Gasteiger charge is 2.33. The Morgan fingerprint density at radius 1 is 1.22 bits per heavy atom. The maximum Gasteiger partial charge on any atom is 0.406 e. The summed E-state index contributed by atoms with van der Waals surface area (Å²) in [5.41, 5.74) is -0.0610. The molecule has 7 heteroatoms. The molecule has 3 nitrogen and oxygen atoms in total. The van der Waals surface area contributed by atoms with Gasteiger partial charge in [-0.2, -0.15) is 13.2 Å². The van der Waals surface area contributed by atoms with Crippen molar-refractivity contribution in [2.24, 2.45) is 0 Å². The average Bonchev–Trinajstić information content (AvgIpc) is 2.27. The van der Waals surface area contributed by atoms with Crippen molar-refractivity contribution >= 4 is 5.91 Å². The van der Waals surface area contributed by atoms with Gasteiger partial charge in [0.25, 0.3) is 5.91 Å². The SMILES string of the molecule is O=C(c1ccc(F)cc1)N(CCO)CC(F)(F)F. The summed E-state index contributed by atoms with van der Waals surface area (Å²) in [5, 5.41) is 8.65. The molecule has 0 unspecified atom stereocenters. The van der Waals surface area contributed by atoms with Crippen molar-refractivity contribution in [3.8, 4) is 0 Å². The van der Waals surface area contributed by atoms with E-state index in [-0.39, 0.29) is 5.56 Å². The molecular weight excluding hydrogens is 254 g/mol. The zero-order valence-corrected chi connectivity index (χ0v) is 9.25. The van der Waals surface area contributed by atoms with Gasteiger partial charge in [-0.25, -0.2) is 4.39 Å². The lowest BCUT2D eigenvalue weighted by molar-refractivity contribution is -0.141. The smallest absolute Gasteiger partial charge is 0.395 e. The van der Waals surface area contributed by atoms with E-state index in [1.807, 2.05) is 0 Å². The summed E-state index contributed by atoms with van der Waals surface area (Å²) in [5.74, 6) is -1.49. The van der Waals surface area contributed by atoms with Gasteiger partial charge in [0.2, 0.25) is 0 Å². The quantitative estimate of drug-likeness (QED) is 0.844. The Morgan fingerprint density at radius 3 is 2.22 bits per heavy atom. The molecule has 0 heterocycles. The van der Waals surface area contributed by atoms with Crippen molar-refractivity contribution in [2.75, 3.05) is 19.7 Å². The van der Waals surface area contributed by atoms with Gasteiger partial charge >= 0.3 is 6.18 Å². The van der Waals surface area contributed by atoms with Crippen LogP contribution in [0.5, 0.6) is 0 Å². The molecular formula is C11H11F4NO2. The number of carbonyl (C=O) groups excluding carboxylic acids is 1. The second-order valence-corrected chi connectivity index (χ2v) is 3.57. The number of benzene rings is 1. The van der Waals surface area contributed by atoms with E-state index in [0.29, 0.717) is 4.90 Å². The van der Waals surface area contributed by atoms with Crippen molar-refractivity contribution in [2.45, 2.75) is 6.18 Å². The number of nitrogens with zero attached hydrogens (tertiary/aromatic N) is 1. The van der Waals surface area contributed by atoms with E-state index in [9.17, 15) is 22.4 Å². The molecule has 1 N–H and O–H groups in total. The number of alkyl halides is 3. The number of aliphatic hydroxyl groups is 1. The summed E-state index contributed by atoms with van der Waals surface area (Å²) in [6.07, 6.45) is -4.55. The van der Waals surface area contributed by atoms with Crippen LogP contribution in [0.4, 0.5) is 17.6 Å². The summed E-state index contributed by atoms with van der Waals surface area (Å²) in [6, 6.07) is 4.16. The zero-order chi connectivity index (χ0) is 13.8. The maximum atomic E-state index is 12.6. The Bertz CT molecular complexity index is 402. The number of hydrogen-bond acceptors (Lipinski definition) is 2. The molecule has 1 aromatic carbocycles. The number of hydrogen-bond donors (Lipinski definition) is 1. The molecule has 0 aliphatic carbocycles. The number of aliphatic hydroxyl groups excluding tert-OH is 1. The molecule has 0 aromatic heterocycles. The minimum absolute atomic E-state index is 0.0610. The minimum Gasteiger partial charge on any atom is -0.395 e. The molecule has 100 valence electrons. The van der Waals surface area contributed by atoms with E-state index in [2.05, 4.69) is 0 Å². The molecule has 18 heavy (non-hydrogen) atoms. The van der Waals surface area contributed by atoms with E-state index < -0.39 is 37.6 Å². The molecule has 0 bridgehead atoms. The first-order chi connectivity index (χ1) is 8.33. The van der Waals surface area contributed by atoms with Crippen molar-refractivity contribution in [1.82, 2.24) is 4.90 Å². The fourth-order valence-corrected chi connectivity index (χ4v) is 1.36. The lowest BCUT2D eigenvalue weighted by Gasteiger charge is -2.23. The Balaban J connectivity index is 2.85. The van der Waals surface area contributed by atoms with Gasteiger partial charge in [0, 0.05) is 12.1 Å². The first kappa shape index (κ1) is 14.4. The molecule has 1 amide bonds. The topological polar surface area (TPSA) is 40.5 Å². The van der Waals surface area contributed by atoms with Gasteiger partial charge in [-0.05, 0) is 24.3 Å². The number of carbonyl (C=O) groups is 1. The summed E-state index contributed by atoms with van der Waals surface area (Å²) in [4.78, 5) is 12.2. The molecule has 0 fully saturated rings. The van der Waals surface area contributed by atoms with Crippen LogP contribution in [0, 0.1) is 5.82 Å². The Morgan fingerprint density at radius 2 is 1.78 bits per heavy atom. The predicted molar refractivity (Wildman–Crippen MR) is 55.4 cm³/mol. The molecule has 0 atom stereocenters. The number of rotatable bonds is 4. The molecule has 0 radical (unpaired) electrons. The van der Waals surface area contributed by atoms with Crippen LogP contribution in [0.3, 0.4) is 0 Å². The first-order valence-corrected chi connectivity index (χ1v) is 5.06. The molecule has 1 aromatic rings. The fourth-order valence-electron chi connectivity index (χ4n) is 1.36. The van der Waals surface area contributed by atoms with E-state index in [1.54, 1.807) is 0 Å². The lowest BCUT2D eigenvalue weighted by atomic mass is 10.2. The van der Waals surface area contributed by atoms with Crippen LogP contribution in [0.25, 0.3) is 0 Å². The van der Waals surface area contributed by atoms with E-state index >= 15 is 0 Å². The van der Waals surface area contributed by atoms with Crippen LogP contribution >= 0.6 is 0 Å². The zero-order valence-electron chi connectivity index (χ0n) is 9.25. The third-order valence-corrected chi connectivity index (χ3v) is 2.12. The monoisotopic (exact) mass is 265 g/mol. The van der Waals surface area contributed by atoms with Crippen LogP contribution in [0.15, 0.2) is 24.3 Å². The highest BCUT2D eigenvalue weighted by molar-refractivity contribution is 5.94. The predicted octanol–water partition coefficient (Wildman–Crippen LogP) is 1.82. The molecule has 0 saturated heterocycles. The van der Waals surface area contributed by atoms with E-state index in [4.69, 9.17) is 5.11 Å². The number of amides is 1. The van der Waals surface area contributed by atoms with Crippen LogP contribution in [0.2, 0.25) is 0 Å². The van der Waals surface area contributed by atoms with Gasteiger partial charge in [0.05, 0.1) is 6.61 Å². The Labute approximate surface area is 101 Å². The molecule has 1 rings (SSSR count). The Hall–Kier alpha value is -1.63. The first-order valence-electron chi connectivity index (χ1n) is 5.06. The summed E-state index contributed by atoms with van der Waals surface area (Å²) >= 11 is 0. The van der Waals surface area contributed by atoms with Gasteiger partial charge in [-0.15, -0.1) is 0 Å². The molecule has 0 aliphatic rings. The standard InChI is InChI=1S/C11H11F4NO2/c12-9-3-1-8(2-4-9)10(18)16(5-6-17)7-11(13,14)15/h1-4,17H,5-7H2. The van der Waals surface area contributed by atoms with Crippen LogP contribution in [0.1, 0.15) is 10.4 Å². The van der Waals surface area contributed by atoms with Gasteiger partial charge in [0.15, 0.2) is 0 Å². The normalized spacial score (nSPS) is 11.4. The van der Waals surface area contributed by atoms with Gasteiger partial charge in [-0.1, -0.05) is 0 Å². The van der Waals surface area contributed by atoms with Crippen molar-refractivity contribution in [3.63, 3.8) is 0 Å². The third-order valence-electron chi connectivity index (χ3n) is 2.12. The average molecular weight is 265 g/mol. The summed E-state index contributed by atoms with van der Waals surface area (Å²) < 4.78 is 49.3. The lowest BCUT2D eigenvalue weighted by Crippen LogP contribution is -2.40. The van der Waals surface area contributed by atoms with Crippen LogP contribution < -0.4 is 0 Å².